The maximum atomic E-state index is 12.6. The van der Waals surface area contributed by atoms with Gasteiger partial charge in [0.2, 0.25) is 0 Å². The smallest absolute Gasteiger partial charge is 0.329 e. The minimum Gasteiger partial charge on any atom is -0.497 e. The molecule has 0 bridgehead atoms. The van der Waals surface area contributed by atoms with Crippen LogP contribution in [0.5, 0.6) is 5.75 Å². The van der Waals surface area contributed by atoms with E-state index in [1.807, 2.05) is 19.9 Å². The molecule has 1 aromatic heterocycles. The molecule has 0 aliphatic heterocycles. The number of fused-ring (bicyclic) bond motifs is 1. The third-order valence-electron chi connectivity index (χ3n) is 4.52. The lowest BCUT2D eigenvalue weighted by Crippen LogP contribution is -2.43. The molecule has 1 atom stereocenters. The van der Waals surface area contributed by atoms with Crippen LogP contribution in [0.3, 0.4) is 0 Å². The Morgan fingerprint density at radius 1 is 1.09 bits per heavy atom. The number of carbonyl (C=O) groups is 3. The van der Waals surface area contributed by atoms with Crippen LogP contribution in [0.1, 0.15) is 30.6 Å². The van der Waals surface area contributed by atoms with Gasteiger partial charge in [0.1, 0.15) is 11.8 Å². The van der Waals surface area contributed by atoms with Crippen LogP contribution >= 0.6 is 11.3 Å². The molecule has 9 heteroatoms. The van der Waals surface area contributed by atoms with E-state index in [0.29, 0.717) is 22.9 Å². The number of anilines is 1. The summed E-state index contributed by atoms with van der Waals surface area (Å²) in [6, 6.07) is 13.2. The van der Waals surface area contributed by atoms with Crippen molar-refractivity contribution in [2.75, 3.05) is 19.0 Å². The van der Waals surface area contributed by atoms with Gasteiger partial charge in [-0.25, -0.2) is 9.78 Å². The number of nitrogens with zero attached hydrogens (tertiary/aromatic N) is 1. The zero-order valence-corrected chi connectivity index (χ0v) is 18.9. The molecular formula is C23H25N3O5S. The highest BCUT2D eigenvalue weighted by molar-refractivity contribution is 7.22. The summed E-state index contributed by atoms with van der Waals surface area (Å²) in [6.07, 6.45) is 0.388. The van der Waals surface area contributed by atoms with Gasteiger partial charge >= 0.3 is 5.97 Å². The Hall–Kier alpha value is -3.46. The number of rotatable bonds is 9. The first-order chi connectivity index (χ1) is 15.4. The van der Waals surface area contributed by atoms with Crippen molar-refractivity contribution in [3.63, 3.8) is 0 Å². The van der Waals surface area contributed by atoms with Crippen molar-refractivity contribution in [1.82, 2.24) is 10.3 Å². The van der Waals surface area contributed by atoms with E-state index in [2.05, 4.69) is 15.6 Å². The first-order valence-corrected chi connectivity index (χ1v) is 10.9. The molecule has 0 radical (unpaired) electrons. The van der Waals surface area contributed by atoms with E-state index in [0.717, 1.165) is 10.2 Å². The molecule has 168 valence electrons. The van der Waals surface area contributed by atoms with Crippen LogP contribution in [0.15, 0.2) is 48.5 Å². The molecule has 0 aliphatic carbocycles. The van der Waals surface area contributed by atoms with E-state index in [1.165, 1.54) is 11.3 Å². The van der Waals surface area contributed by atoms with Crippen molar-refractivity contribution in [3.05, 3.63) is 54.1 Å². The van der Waals surface area contributed by atoms with Gasteiger partial charge in [-0.2, -0.15) is 0 Å². The summed E-state index contributed by atoms with van der Waals surface area (Å²) in [5.41, 5.74) is 1.17. The van der Waals surface area contributed by atoms with Gasteiger partial charge in [0.15, 0.2) is 11.7 Å². The Morgan fingerprint density at radius 2 is 1.84 bits per heavy atom. The Bertz CT molecular complexity index is 1100. The van der Waals surface area contributed by atoms with Crippen LogP contribution in [-0.2, 0) is 14.3 Å². The van der Waals surface area contributed by atoms with Gasteiger partial charge in [-0.3, -0.25) is 14.9 Å². The van der Waals surface area contributed by atoms with Crippen LogP contribution in [0.4, 0.5) is 5.13 Å². The first kappa shape index (κ1) is 23.2. The lowest BCUT2D eigenvalue weighted by Gasteiger charge is -2.19. The molecule has 0 saturated carbocycles. The van der Waals surface area contributed by atoms with Gasteiger partial charge in [-0.15, -0.1) is 0 Å². The van der Waals surface area contributed by atoms with E-state index < -0.39 is 24.5 Å². The van der Waals surface area contributed by atoms with E-state index in [-0.39, 0.29) is 11.8 Å². The predicted octanol–water partition coefficient (Wildman–Crippen LogP) is 3.63. The number of hydrogen-bond acceptors (Lipinski definition) is 7. The fourth-order valence-corrected chi connectivity index (χ4v) is 3.91. The van der Waals surface area contributed by atoms with E-state index in [9.17, 15) is 14.4 Å². The van der Waals surface area contributed by atoms with Crippen LogP contribution in [0, 0.1) is 5.92 Å². The number of hydrogen-bond donors (Lipinski definition) is 2. The molecule has 2 amide bonds. The summed E-state index contributed by atoms with van der Waals surface area (Å²) < 4.78 is 11.2. The van der Waals surface area contributed by atoms with Gasteiger partial charge in [0, 0.05) is 5.56 Å². The second-order valence-electron chi connectivity index (χ2n) is 7.53. The highest BCUT2D eigenvalue weighted by Gasteiger charge is 2.25. The number of benzene rings is 2. The van der Waals surface area contributed by atoms with Crippen molar-refractivity contribution in [3.8, 4) is 5.75 Å². The monoisotopic (exact) mass is 455 g/mol. The third-order valence-corrected chi connectivity index (χ3v) is 5.45. The quantitative estimate of drug-likeness (QED) is 0.477. The molecule has 0 saturated heterocycles. The summed E-state index contributed by atoms with van der Waals surface area (Å²) in [5.74, 6) is -0.712. The van der Waals surface area contributed by atoms with Crippen molar-refractivity contribution in [2.45, 2.75) is 26.3 Å². The van der Waals surface area contributed by atoms with Gasteiger partial charge in [0.25, 0.3) is 11.8 Å². The minimum atomic E-state index is -0.856. The number of nitrogens with one attached hydrogen (secondary N) is 2. The van der Waals surface area contributed by atoms with Crippen LogP contribution in [-0.4, -0.2) is 42.5 Å². The number of esters is 1. The van der Waals surface area contributed by atoms with Crippen molar-refractivity contribution in [2.24, 2.45) is 5.92 Å². The molecule has 0 fully saturated rings. The van der Waals surface area contributed by atoms with Crippen LogP contribution < -0.4 is 15.4 Å². The highest BCUT2D eigenvalue weighted by atomic mass is 32.1. The minimum absolute atomic E-state index is 0.136. The number of aromatic nitrogens is 1. The lowest BCUT2D eigenvalue weighted by atomic mass is 10.0. The number of ether oxygens (including phenoxy) is 2. The standard InChI is InChI=1S/C23H25N3O5S/c1-14(2)11-18(24-21(28)15-7-5-4-6-8-15)22(29)31-13-20(27)26-23-25-17-10-9-16(30-3)12-19(17)32-23/h4-10,12,14,18H,11,13H2,1-3H3,(H,24,28)(H,25,26,27). The Morgan fingerprint density at radius 3 is 2.53 bits per heavy atom. The van der Waals surface area contributed by atoms with Gasteiger partial charge < -0.3 is 14.8 Å². The number of carbonyl (C=O) groups excluding carboxylic acids is 3. The number of methoxy groups -OCH3 is 1. The van der Waals surface area contributed by atoms with E-state index in [1.54, 1.807) is 49.6 Å². The summed E-state index contributed by atoms with van der Waals surface area (Å²) in [5, 5.41) is 5.73. The SMILES string of the molecule is COc1ccc2nc(NC(=O)COC(=O)C(CC(C)C)NC(=O)c3ccccc3)sc2c1. The molecule has 3 aromatic rings. The number of thiazole rings is 1. The molecule has 32 heavy (non-hydrogen) atoms. The van der Waals surface area contributed by atoms with Gasteiger partial charge in [0.05, 0.1) is 17.3 Å². The van der Waals surface area contributed by atoms with Gasteiger partial charge in [-0.1, -0.05) is 43.4 Å². The molecule has 1 unspecified atom stereocenters. The fraction of sp³-hybridized carbons (Fsp3) is 0.304. The molecule has 2 N–H and O–H groups in total. The zero-order chi connectivity index (χ0) is 23.1. The summed E-state index contributed by atoms with van der Waals surface area (Å²) in [4.78, 5) is 41.6. The maximum absolute atomic E-state index is 12.6. The average Bonchev–Trinajstić information content (AvgIpc) is 3.18. The van der Waals surface area contributed by atoms with Crippen molar-refractivity contribution >= 4 is 44.5 Å². The Labute approximate surface area is 189 Å². The molecule has 2 aromatic carbocycles. The largest absolute Gasteiger partial charge is 0.497 e. The van der Waals surface area contributed by atoms with E-state index >= 15 is 0 Å². The second kappa shape index (κ2) is 10.7. The molecule has 1 heterocycles. The number of amides is 2. The Kier molecular flexibility index (Phi) is 7.77. The summed E-state index contributed by atoms with van der Waals surface area (Å²) >= 11 is 1.29. The van der Waals surface area contributed by atoms with Gasteiger partial charge in [-0.05, 0) is 42.7 Å². The third kappa shape index (κ3) is 6.27. The normalized spacial score (nSPS) is 11.8. The molecular weight excluding hydrogens is 430 g/mol. The average molecular weight is 456 g/mol. The fourth-order valence-electron chi connectivity index (χ4n) is 2.99. The highest BCUT2D eigenvalue weighted by Crippen LogP contribution is 2.29. The zero-order valence-electron chi connectivity index (χ0n) is 18.1. The molecule has 3 rings (SSSR count). The maximum Gasteiger partial charge on any atom is 0.329 e. The molecule has 0 spiro atoms. The van der Waals surface area contributed by atoms with Crippen molar-refractivity contribution < 1.29 is 23.9 Å². The topological polar surface area (TPSA) is 107 Å². The van der Waals surface area contributed by atoms with Crippen LogP contribution in [0.25, 0.3) is 10.2 Å². The molecule has 0 aliphatic rings. The second-order valence-corrected chi connectivity index (χ2v) is 8.56. The van der Waals surface area contributed by atoms with Crippen molar-refractivity contribution in [1.29, 1.82) is 0 Å². The van der Waals surface area contributed by atoms with E-state index in [4.69, 9.17) is 9.47 Å². The van der Waals surface area contributed by atoms with Crippen LogP contribution in [0.2, 0.25) is 0 Å². The summed E-state index contributed by atoms with van der Waals surface area (Å²) in [6.45, 7) is 3.39. The molecule has 8 nitrogen and oxygen atoms in total. The first-order valence-electron chi connectivity index (χ1n) is 10.1. The lowest BCUT2D eigenvalue weighted by molar-refractivity contribution is -0.149. The Balaban J connectivity index is 1.57. The predicted molar refractivity (Wildman–Crippen MR) is 123 cm³/mol. The summed E-state index contributed by atoms with van der Waals surface area (Å²) in [7, 11) is 1.58.